The zero-order valence-corrected chi connectivity index (χ0v) is 12.6. The minimum Gasteiger partial charge on any atom is -0.315 e. The molecule has 0 spiro atoms. The zero-order valence-electron chi connectivity index (χ0n) is 11.8. The third kappa shape index (κ3) is 4.84. The summed E-state index contributed by atoms with van der Waals surface area (Å²) in [6, 6.07) is 0.100. The van der Waals surface area contributed by atoms with Crippen molar-refractivity contribution < 1.29 is 8.42 Å². The summed E-state index contributed by atoms with van der Waals surface area (Å²) in [7, 11) is -3.31. The van der Waals surface area contributed by atoms with Gasteiger partial charge in [0.1, 0.15) is 0 Å². The Kier molecular flexibility index (Phi) is 6.55. The quantitative estimate of drug-likeness (QED) is 0.728. The first-order valence-corrected chi connectivity index (χ1v) is 8.38. The van der Waals surface area contributed by atoms with Crippen LogP contribution >= 0.6 is 0 Å². The van der Waals surface area contributed by atoms with Gasteiger partial charge in [0.2, 0.25) is 0 Å². The molecule has 108 valence electrons. The lowest BCUT2D eigenvalue weighted by molar-refractivity contribution is 0.243. The van der Waals surface area contributed by atoms with Crippen molar-refractivity contribution in [3.05, 3.63) is 0 Å². The minimum atomic E-state index is -3.31. The molecule has 0 aliphatic carbocycles. The van der Waals surface area contributed by atoms with E-state index in [4.69, 9.17) is 0 Å². The molecule has 2 N–H and O–H groups in total. The SMILES string of the molecule is CCNCC1CCCCN1S(=O)(=O)NCC(C)C. The lowest BCUT2D eigenvalue weighted by atomic mass is 10.1. The van der Waals surface area contributed by atoms with Gasteiger partial charge in [0.05, 0.1) is 0 Å². The molecule has 0 radical (unpaired) electrons. The van der Waals surface area contributed by atoms with E-state index in [1.165, 1.54) is 0 Å². The second kappa shape index (κ2) is 7.43. The monoisotopic (exact) mass is 277 g/mol. The maximum atomic E-state index is 12.3. The van der Waals surface area contributed by atoms with Gasteiger partial charge in [-0.25, -0.2) is 4.72 Å². The van der Waals surface area contributed by atoms with E-state index in [0.29, 0.717) is 19.0 Å². The summed E-state index contributed by atoms with van der Waals surface area (Å²) in [5, 5.41) is 3.25. The predicted molar refractivity (Wildman–Crippen MR) is 74.6 cm³/mol. The third-order valence-electron chi connectivity index (χ3n) is 3.19. The van der Waals surface area contributed by atoms with Gasteiger partial charge in [-0.3, -0.25) is 0 Å². The molecule has 1 aliphatic rings. The Bertz CT molecular complexity index is 330. The number of likely N-dealkylation sites (N-methyl/N-ethyl adjacent to an activating group) is 1. The summed E-state index contributed by atoms with van der Waals surface area (Å²) in [6.45, 7) is 8.83. The Hall–Kier alpha value is -0.170. The molecule has 1 saturated heterocycles. The van der Waals surface area contributed by atoms with Crippen LogP contribution in [0, 0.1) is 5.92 Å². The van der Waals surface area contributed by atoms with Crippen LogP contribution in [0.2, 0.25) is 0 Å². The van der Waals surface area contributed by atoms with E-state index in [1.54, 1.807) is 4.31 Å². The van der Waals surface area contributed by atoms with Crippen molar-refractivity contribution in [2.24, 2.45) is 5.92 Å². The molecule has 0 aromatic carbocycles. The van der Waals surface area contributed by atoms with Gasteiger partial charge in [-0.1, -0.05) is 27.2 Å². The summed E-state index contributed by atoms with van der Waals surface area (Å²) >= 11 is 0. The van der Waals surface area contributed by atoms with Crippen molar-refractivity contribution in [2.75, 3.05) is 26.2 Å². The Morgan fingerprint density at radius 1 is 1.33 bits per heavy atom. The standard InChI is InChI=1S/C12H27N3O2S/c1-4-13-10-12-7-5-6-8-15(12)18(16,17)14-9-11(2)3/h11-14H,4-10H2,1-3H3. The van der Waals surface area contributed by atoms with Crippen molar-refractivity contribution >= 4 is 10.2 Å². The van der Waals surface area contributed by atoms with Crippen LogP contribution in [-0.4, -0.2) is 44.9 Å². The molecule has 0 amide bonds. The fraction of sp³-hybridized carbons (Fsp3) is 1.00. The third-order valence-corrected chi connectivity index (χ3v) is 4.82. The van der Waals surface area contributed by atoms with Gasteiger partial charge in [0.15, 0.2) is 0 Å². The van der Waals surface area contributed by atoms with Gasteiger partial charge in [0.25, 0.3) is 10.2 Å². The second-order valence-corrected chi connectivity index (χ2v) is 7.02. The molecule has 0 bridgehead atoms. The highest BCUT2D eigenvalue weighted by Crippen LogP contribution is 2.19. The fourth-order valence-electron chi connectivity index (χ4n) is 2.16. The van der Waals surface area contributed by atoms with Crippen molar-refractivity contribution in [1.82, 2.24) is 14.3 Å². The highest BCUT2D eigenvalue weighted by atomic mass is 32.2. The number of hydrogen-bond acceptors (Lipinski definition) is 3. The van der Waals surface area contributed by atoms with Gasteiger partial charge in [-0.05, 0) is 25.3 Å². The number of hydrogen-bond donors (Lipinski definition) is 2. The lowest BCUT2D eigenvalue weighted by Gasteiger charge is -2.34. The van der Waals surface area contributed by atoms with Crippen LogP contribution in [-0.2, 0) is 10.2 Å². The highest BCUT2D eigenvalue weighted by Gasteiger charge is 2.31. The number of nitrogens with one attached hydrogen (secondary N) is 2. The summed E-state index contributed by atoms with van der Waals surface area (Å²) < 4.78 is 28.8. The average molecular weight is 277 g/mol. The Balaban J connectivity index is 2.63. The summed E-state index contributed by atoms with van der Waals surface area (Å²) in [5.41, 5.74) is 0. The maximum absolute atomic E-state index is 12.3. The molecule has 0 saturated carbocycles. The fourth-order valence-corrected chi connectivity index (χ4v) is 3.81. The highest BCUT2D eigenvalue weighted by molar-refractivity contribution is 7.87. The molecule has 6 heteroatoms. The molecule has 0 aromatic rings. The summed E-state index contributed by atoms with van der Waals surface area (Å²) in [5.74, 6) is 0.330. The van der Waals surface area contributed by atoms with Crippen molar-refractivity contribution in [3.8, 4) is 0 Å². The van der Waals surface area contributed by atoms with Gasteiger partial charge in [-0.15, -0.1) is 0 Å². The molecule has 1 atom stereocenters. The summed E-state index contributed by atoms with van der Waals surface area (Å²) in [4.78, 5) is 0. The molecule has 18 heavy (non-hydrogen) atoms. The topological polar surface area (TPSA) is 61.4 Å². The van der Waals surface area contributed by atoms with E-state index < -0.39 is 10.2 Å². The van der Waals surface area contributed by atoms with Crippen LogP contribution in [0.25, 0.3) is 0 Å². The molecule has 5 nitrogen and oxygen atoms in total. The van der Waals surface area contributed by atoms with Crippen molar-refractivity contribution in [2.45, 2.75) is 46.1 Å². The second-order valence-electron chi connectivity index (χ2n) is 5.32. The zero-order chi connectivity index (χ0) is 13.6. The van der Waals surface area contributed by atoms with E-state index >= 15 is 0 Å². The number of nitrogens with zero attached hydrogens (tertiary/aromatic N) is 1. The van der Waals surface area contributed by atoms with E-state index in [2.05, 4.69) is 10.0 Å². The molecule has 1 unspecified atom stereocenters. The van der Waals surface area contributed by atoms with Gasteiger partial charge >= 0.3 is 0 Å². The molecule has 1 heterocycles. The van der Waals surface area contributed by atoms with Crippen LogP contribution in [0.4, 0.5) is 0 Å². The average Bonchev–Trinajstić information content (AvgIpc) is 2.34. The van der Waals surface area contributed by atoms with Crippen molar-refractivity contribution in [3.63, 3.8) is 0 Å². The Morgan fingerprint density at radius 3 is 2.67 bits per heavy atom. The van der Waals surface area contributed by atoms with E-state index in [9.17, 15) is 8.42 Å². The van der Waals surface area contributed by atoms with Crippen LogP contribution in [0.1, 0.15) is 40.0 Å². The number of rotatable bonds is 7. The summed E-state index contributed by atoms with van der Waals surface area (Å²) in [6.07, 6.45) is 3.03. The smallest absolute Gasteiger partial charge is 0.279 e. The Labute approximate surface area is 112 Å². The van der Waals surface area contributed by atoms with Gasteiger partial charge in [-0.2, -0.15) is 12.7 Å². The van der Waals surface area contributed by atoms with E-state index in [-0.39, 0.29) is 6.04 Å². The Morgan fingerprint density at radius 2 is 2.06 bits per heavy atom. The first-order valence-electron chi connectivity index (χ1n) is 6.94. The molecule has 1 aliphatic heterocycles. The van der Waals surface area contributed by atoms with E-state index in [0.717, 1.165) is 32.4 Å². The lowest BCUT2D eigenvalue weighted by Crippen LogP contribution is -2.52. The van der Waals surface area contributed by atoms with Crippen LogP contribution in [0.3, 0.4) is 0 Å². The largest absolute Gasteiger partial charge is 0.315 e. The molecular formula is C12H27N3O2S. The number of piperidine rings is 1. The van der Waals surface area contributed by atoms with Crippen molar-refractivity contribution in [1.29, 1.82) is 0 Å². The first kappa shape index (κ1) is 15.9. The molecule has 0 aromatic heterocycles. The van der Waals surface area contributed by atoms with Crippen LogP contribution < -0.4 is 10.0 Å². The molecule has 1 rings (SSSR count). The van der Waals surface area contributed by atoms with E-state index in [1.807, 2.05) is 20.8 Å². The van der Waals surface area contributed by atoms with Gasteiger partial charge < -0.3 is 5.32 Å². The minimum absolute atomic E-state index is 0.100. The predicted octanol–water partition coefficient (Wildman–Crippen LogP) is 0.941. The van der Waals surface area contributed by atoms with Crippen LogP contribution in [0.5, 0.6) is 0 Å². The van der Waals surface area contributed by atoms with Crippen LogP contribution in [0.15, 0.2) is 0 Å². The first-order chi connectivity index (χ1) is 8.47. The normalized spacial score (nSPS) is 22.6. The maximum Gasteiger partial charge on any atom is 0.279 e. The van der Waals surface area contributed by atoms with Gasteiger partial charge in [0, 0.05) is 25.7 Å². The molecule has 1 fully saturated rings. The molecular weight excluding hydrogens is 250 g/mol.